The lowest BCUT2D eigenvalue weighted by Gasteiger charge is -2.23. The van der Waals surface area contributed by atoms with E-state index in [0.717, 1.165) is 42.5 Å². The number of nitrogens with one attached hydrogen (secondary N) is 2. The molecule has 2 rings (SSSR count). The van der Waals surface area contributed by atoms with E-state index >= 15 is 0 Å². The van der Waals surface area contributed by atoms with Crippen LogP contribution in [0.4, 0.5) is 5.69 Å². The van der Waals surface area contributed by atoms with Crippen molar-refractivity contribution in [2.24, 2.45) is 5.92 Å². The summed E-state index contributed by atoms with van der Waals surface area (Å²) in [5.74, 6) is -0.0794. The van der Waals surface area contributed by atoms with Crippen LogP contribution in [0, 0.1) is 19.8 Å². The number of amides is 2. The minimum absolute atomic E-state index is 0.0166. The second-order valence-electron chi connectivity index (χ2n) is 6.37. The Bertz CT molecular complexity index is 548. The first-order valence-electron chi connectivity index (χ1n) is 8.16. The second-order valence-corrected chi connectivity index (χ2v) is 6.37. The Morgan fingerprint density at radius 2 is 1.82 bits per heavy atom. The largest absolute Gasteiger partial charge is 0.344 e. The standard InChI is InChI=1S/C18H26N2O2/c1-12-9-10-16(13(2)11-12)20-17(21)14(3)19-18(22)15-7-5-4-6-8-15/h9-11,14-15H,4-8H2,1-3H3,(H,19,22)(H,20,21)/t14-/m0/s1. The maximum atomic E-state index is 12.2. The third-order valence-electron chi connectivity index (χ3n) is 4.37. The van der Waals surface area contributed by atoms with E-state index in [1.54, 1.807) is 6.92 Å². The van der Waals surface area contributed by atoms with Crippen LogP contribution in [0.15, 0.2) is 18.2 Å². The fraction of sp³-hybridized carbons (Fsp3) is 0.556. The van der Waals surface area contributed by atoms with Crippen molar-refractivity contribution in [2.75, 3.05) is 5.32 Å². The van der Waals surface area contributed by atoms with Crippen LogP contribution < -0.4 is 10.6 Å². The van der Waals surface area contributed by atoms with Crippen LogP contribution in [0.2, 0.25) is 0 Å². The van der Waals surface area contributed by atoms with Crippen LogP contribution in [-0.4, -0.2) is 17.9 Å². The van der Waals surface area contributed by atoms with Crippen molar-refractivity contribution >= 4 is 17.5 Å². The summed E-state index contributed by atoms with van der Waals surface area (Å²) in [6.07, 6.45) is 5.32. The van der Waals surface area contributed by atoms with Crippen molar-refractivity contribution < 1.29 is 9.59 Å². The van der Waals surface area contributed by atoms with Gasteiger partial charge in [-0.05, 0) is 45.2 Å². The summed E-state index contributed by atoms with van der Waals surface area (Å²) in [5.41, 5.74) is 2.99. The topological polar surface area (TPSA) is 58.2 Å². The van der Waals surface area contributed by atoms with Crippen LogP contribution in [0.5, 0.6) is 0 Å². The molecule has 0 saturated heterocycles. The van der Waals surface area contributed by atoms with E-state index < -0.39 is 6.04 Å². The molecule has 1 atom stereocenters. The molecule has 4 heteroatoms. The Balaban J connectivity index is 1.89. The van der Waals surface area contributed by atoms with Crippen molar-refractivity contribution in [3.63, 3.8) is 0 Å². The summed E-state index contributed by atoms with van der Waals surface area (Å²) < 4.78 is 0. The highest BCUT2D eigenvalue weighted by Gasteiger charge is 2.24. The lowest BCUT2D eigenvalue weighted by molar-refractivity contribution is -0.129. The Morgan fingerprint density at radius 3 is 2.45 bits per heavy atom. The molecular formula is C18H26N2O2. The van der Waals surface area contributed by atoms with Crippen molar-refractivity contribution in [3.8, 4) is 0 Å². The Kier molecular flexibility index (Phi) is 5.58. The maximum Gasteiger partial charge on any atom is 0.246 e. The van der Waals surface area contributed by atoms with Gasteiger partial charge in [-0.1, -0.05) is 37.0 Å². The van der Waals surface area contributed by atoms with Gasteiger partial charge in [-0.25, -0.2) is 0 Å². The quantitative estimate of drug-likeness (QED) is 0.896. The van der Waals surface area contributed by atoms with Crippen molar-refractivity contribution in [1.82, 2.24) is 5.32 Å². The molecule has 1 aromatic carbocycles. The lowest BCUT2D eigenvalue weighted by Crippen LogP contribution is -2.44. The molecule has 4 nitrogen and oxygen atoms in total. The Hall–Kier alpha value is -1.84. The minimum Gasteiger partial charge on any atom is -0.344 e. The number of aryl methyl sites for hydroxylation is 2. The van der Waals surface area contributed by atoms with E-state index in [2.05, 4.69) is 10.6 Å². The molecule has 0 spiro atoms. The minimum atomic E-state index is -0.518. The van der Waals surface area contributed by atoms with Crippen LogP contribution in [0.3, 0.4) is 0 Å². The zero-order chi connectivity index (χ0) is 16.1. The molecule has 0 aromatic heterocycles. The van der Waals surface area contributed by atoms with Crippen molar-refractivity contribution in [2.45, 2.75) is 58.9 Å². The maximum absolute atomic E-state index is 12.2. The van der Waals surface area contributed by atoms with Gasteiger partial charge in [-0.3, -0.25) is 9.59 Å². The van der Waals surface area contributed by atoms with Crippen molar-refractivity contribution in [3.05, 3.63) is 29.3 Å². The third kappa shape index (κ3) is 4.33. The molecule has 1 saturated carbocycles. The molecule has 1 aromatic rings. The van der Waals surface area contributed by atoms with Gasteiger partial charge in [0.05, 0.1) is 0 Å². The summed E-state index contributed by atoms with van der Waals surface area (Å²) in [6, 6.07) is 5.38. The van der Waals surface area contributed by atoms with E-state index in [-0.39, 0.29) is 17.7 Å². The number of carbonyl (C=O) groups excluding carboxylic acids is 2. The SMILES string of the molecule is Cc1ccc(NC(=O)[C@H](C)NC(=O)C2CCCCC2)c(C)c1. The number of hydrogen-bond acceptors (Lipinski definition) is 2. The molecule has 120 valence electrons. The van der Waals surface area contributed by atoms with Gasteiger partial charge in [0.15, 0.2) is 0 Å². The highest BCUT2D eigenvalue weighted by molar-refractivity contribution is 5.97. The summed E-state index contributed by atoms with van der Waals surface area (Å²) in [5, 5.41) is 5.74. The Labute approximate surface area is 132 Å². The zero-order valence-corrected chi connectivity index (χ0v) is 13.7. The van der Waals surface area contributed by atoms with Crippen LogP contribution in [-0.2, 0) is 9.59 Å². The third-order valence-corrected chi connectivity index (χ3v) is 4.37. The van der Waals surface area contributed by atoms with Gasteiger partial charge in [0.1, 0.15) is 6.04 Å². The number of anilines is 1. The van der Waals surface area contributed by atoms with E-state index in [1.807, 2.05) is 32.0 Å². The number of carbonyl (C=O) groups is 2. The first kappa shape index (κ1) is 16.5. The molecule has 2 N–H and O–H groups in total. The fourth-order valence-corrected chi connectivity index (χ4v) is 2.96. The predicted octanol–water partition coefficient (Wildman–Crippen LogP) is 3.33. The van der Waals surface area contributed by atoms with Gasteiger partial charge in [0, 0.05) is 11.6 Å². The smallest absolute Gasteiger partial charge is 0.246 e. The lowest BCUT2D eigenvalue weighted by atomic mass is 9.88. The normalized spacial score (nSPS) is 16.9. The molecule has 1 aliphatic carbocycles. The van der Waals surface area contributed by atoms with Gasteiger partial charge >= 0.3 is 0 Å². The molecular weight excluding hydrogens is 276 g/mol. The van der Waals surface area contributed by atoms with Gasteiger partial charge in [0.2, 0.25) is 11.8 Å². The van der Waals surface area contributed by atoms with Crippen LogP contribution in [0.1, 0.15) is 50.2 Å². The molecule has 0 radical (unpaired) electrons. The fourth-order valence-electron chi connectivity index (χ4n) is 2.96. The monoisotopic (exact) mass is 302 g/mol. The molecule has 0 unspecified atom stereocenters. The molecule has 0 bridgehead atoms. The highest BCUT2D eigenvalue weighted by Crippen LogP contribution is 2.23. The van der Waals surface area contributed by atoms with E-state index in [1.165, 1.54) is 6.42 Å². The molecule has 1 fully saturated rings. The summed E-state index contributed by atoms with van der Waals surface area (Å²) >= 11 is 0. The number of hydrogen-bond donors (Lipinski definition) is 2. The number of benzene rings is 1. The van der Waals surface area contributed by atoms with Crippen LogP contribution >= 0.6 is 0 Å². The first-order chi connectivity index (χ1) is 10.5. The summed E-state index contributed by atoms with van der Waals surface area (Å²) in [7, 11) is 0. The molecule has 0 aliphatic heterocycles. The van der Waals surface area contributed by atoms with E-state index in [0.29, 0.717) is 0 Å². The average Bonchev–Trinajstić information content (AvgIpc) is 2.50. The van der Waals surface area contributed by atoms with Gasteiger partial charge in [-0.2, -0.15) is 0 Å². The average molecular weight is 302 g/mol. The molecule has 22 heavy (non-hydrogen) atoms. The van der Waals surface area contributed by atoms with Gasteiger partial charge < -0.3 is 10.6 Å². The Morgan fingerprint density at radius 1 is 1.14 bits per heavy atom. The summed E-state index contributed by atoms with van der Waals surface area (Å²) in [6.45, 7) is 5.72. The molecule has 2 amide bonds. The summed E-state index contributed by atoms with van der Waals surface area (Å²) in [4.78, 5) is 24.4. The second kappa shape index (κ2) is 7.43. The number of rotatable bonds is 4. The molecule has 0 heterocycles. The molecule has 1 aliphatic rings. The van der Waals surface area contributed by atoms with Gasteiger partial charge in [0.25, 0.3) is 0 Å². The van der Waals surface area contributed by atoms with Crippen molar-refractivity contribution in [1.29, 1.82) is 0 Å². The van der Waals surface area contributed by atoms with E-state index in [9.17, 15) is 9.59 Å². The van der Waals surface area contributed by atoms with E-state index in [4.69, 9.17) is 0 Å². The van der Waals surface area contributed by atoms with Gasteiger partial charge in [-0.15, -0.1) is 0 Å². The zero-order valence-electron chi connectivity index (χ0n) is 13.7. The first-order valence-corrected chi connectivity index (χ1v) is 8.16. The predicted molar refractivity (Wildman–Crippen MR) is 88.7 cm³/mol. The highest BCUT2D eigenvalue weighted by atomic mass is 16.2. The van der Waals surface area contributed by atoms with Crippen LogP contribution in [0.25, 0.3) is 0 Å².